The zero-order valence-corrected chi connectivity index (χ0v) is 14.7. The highest BCUT2D eigenvalue weighted by Crippen LogP contribution is 2.42. The second kappa shape index (κ2) is 7.70. The van der Waals surface area contributed by atoms with E-state index in [4.69, 9.17) is 5.73 Å². The van der Waals surface area contributed by atoms with Crippen LogP contribution in [0.5, 0.6) is 0 Å². The molecule has 3 fully saturated rings. The Labute approximate surface area is 151 Å². The minimum atomic E-state index is -4.41. The van der Waals surface area contributed by atoms with Crippen molar-refractivity contribution in [2.45, 2.75) is 56.8 Å². The van der Waals surface area contributed by atoms with Gasteiger partial charge in [0.2, 0.25) is 11.8 Å². The van der Waals surface area contributed by atoms with Crippen LogP contribution in [0, 0.1) is 17.8 Å². The molecule has 25 heavy (non-hydrogen) atoms. The molecular formula is C16H25ClF3N3O2. The van der Waals surface area contributed by atoms with Crippen LogP contribution < -0.4 is 11.1 Å². The Balaban J connectivity index is 0.00000225. The normalized spacial score (nSPS) is 35.3. The lowest BCUT2D eigenvalue weighted by Crippen LogP contribution is -2.51. The molecule has 0 spiro atoms. The van der Waals surface area contributed by atoms with Gasteiger partial charge in [-0.1, -0.05) is 6.42 Å². The van der Waals surface area contributed by atoms with Crippen molar-refractivity contribution in [2.24, 2.45) is 23.5 Å². The fraction of sp³-hybridized carbons (Fsp3) is 0.875. The molecule has 1 saturated heterocycles. The third kappa shape index (κ3) is 4.58. The van der Waals surface area contributed by atoms with E-state index in [0.29, 0.717) is 11.8 Å². The van der Waals surface area contributed by atoms with Gasteiger partial charge in [0.15, 0.2) is 0 Å². The van der Waals surface area contributed by atoms with E-state index in [-0.39, 0.29) is 43.2 Å². The molecule has 2 bridgehead atoms. The van der Waals surface area contributed by atoms with Gasteiger partial charge in [0, 0.05) is 18.5 Å². The number of hydrogen-bond donors (Lipinski definition) is 2. The van der Waals surface area contributed by atoms with Crippen LogP contribution in [0.1, 0.15) is 38.5 Å². The van der Waals surface area contributed by atoms with Crippen molar-refractivity contribution in [3.05, 3.63) is 0 Å². The third-order valence-electron chi connectivity index (χ3n) is 5.77. The molecule has 0 radical (unpaired) electrons. The zero-order valence-electron chi connectivity index (χ0n) is 13.9. The molecule has 2 amide bonds. The highest BCUT2D eigenvalue weighted by molar-refractivity contribution is 5.90. The van der Waals surface area contributed by atoms with Crippen molar-refractivity contribution in [1.29, 1.82) is 0 Å². The summed E-state index contributed by atoms with van der Waals surface area (Å²) >= 11 is 0. The molecule has 3 rings (SSSR count). The van der Waals surface area contributed by atoms with Gasteiger partial charge in [-0.25, -0.2) is 0 Å². The maximum absolute atomic E-state index is 12.5. The van der Waals surface area contributed by atoms with Crippen LogP contribution in [-0.4, -0.2) is 48.1 Å². The molecule has 144 valence electrons. The van der Waals surface area contributed by atoms with Crippen molar-refractivity contribution < 1.29 is 22.8 Å². The van der Waals surface area contributed by atoms with E-state index in [1.165, 1.54) is 0 Å². The van der Waals surface area contributed by atoms with E-state index in [9.17, 15) is 22.8 Å². The van der Waals surface area contributed by atoms with E-state index in [0.717, 1.165) is 37.0 Å². The number of hydrogen-bond acceptors (Lipinski definition) is 3. The average molecular weight is 384 g/mol. The summed E-state index contributed by atoms with van der Waals surface area (Å²) in [6.45, 7) is -1.22. The van der Waals surface area contributed by atoms with Crippen LogP contribution in [0.4, 0.5) is 13.2 Å². The van der Waals surface area contributed by atoms with Crippen molar-refractivity contribution in [2.75, 3.05) is 13.1 Å². The van der Waals surface area contributed by atoms with Crippen LogP contribution >= 0.6 is 12.4 Å². The highest BCUT2D eigenvalue weighted by Gasteiger charge is 2.43. The lowest BCUT2D eigenvalue weighted by atomic mass is 9.65. The summed E-state index contributed by atoms with van der Waals surface area (Å²) in [5.41, 5.74) is 6.21. The molecule has 0 aromatic heterocycles. The van der Waals surface area contributed by atoms with Crippen LogP contribution in [0.15, 0.2) is 0 Å². The molecule has 2 saturated carbocycles. The smallest absolute Gasteiger partial charge is 0.344 e. The highest BCUT2D eigenvalue weighted by atomic mass is 35.5. The van der Waals surface area contributed by atoms with Crippen molar-refractivity contribution in [3.63, 3.8) is 0 Å². The van der Waals surface area contributed by atoms with Gasteiger partial charge in [-0.05, 0) is 43.9 Å². The fourth-order valence-corrected chi connectivity index (χ4v) is 4.54. The number of carbonyl (C=O) groups excluding carboxylic acids is 2. The number of rotatable bonds is 3. The molecule has 0 aromatic carbocycles. The number of nitrogens with one attached hydrogen (secondary N) is 1. The molecule has 3 atom stereocenters. The fourth-order valence-electron chi connectivity index (χ4n) is 4.54. The molecule has 5 nitrogen and oxygen atoms in total. The first kappa shape index (κ1) is 20.3. The number of alkyl halides is 3. The van der Waals surface area contributed by atoms with Gasteiger partial charge < -0.3 is 16.0 Å². The van der Waals surface area contributed by atoms with Crippen molar-refractivity contribution in [3.8, 4) is 0 Å². The minimum absolute atomic E-state index is 0. The van der Waals surface area contributed by atoms with Gasteiger partial charge in [0.05, 0.1) is 0 Å². The molecule has 2 aliphatic carbocycles. The van der Waals surface area contributed by atoms with Gasteiger partial charge in [0.25, 0.3) is 0 Å². The maximum Gasteiger partial charge on any atom is 0.406 e. The minimum Gasteiger partial charge on any atom is -0.344 e. The monoisotopic (exact) mass is 383 g/mol. The lowest BCUT2D eigenvalue weighted by molar-refractivity contribution is -0.158. The second-order valence-corrected chi connectivity index (χ2v) is 7.42. The quantitative estimate of drug-likeness (QED) is 0.780. The predicted octanol–water partition coefficient (Wildman–Crippen LogP) is 1.84. The summed E-state index contributed by atoms with van der Waals surface area (Å²) in [6.07, 6.45) is 0.468. The first-order valence-corrected chi connectivity index (χ1v) is 8.66. The first-order valence-electron chi connectivity index (χ1n) is 8.66. The van der Waals surface area contributed by atoms with E-state index in [2.05, 4.69) is 5.32 Å². The van der Waals surface area contributed by atoms with Crippen LogP contribution in [0.25, 0.3) is 0 Å². The lowest BCUT2D eigenvalue weighted by Gasteiger charge is -2.43. The molecule has 1 aliphatic heterocycles. The van der Waals surface area contributed by atoms with Gasteiger partial charge in [-0.2, -0.15) is 13.2 Å². The Morgan fingerprint density at radius 3 is 2.36 bits per heavy atom. The summed E-state index contributed by atoms with van der Waals surface area (Å²) < 4.78 is 37.3. The Hall–Kier alpha value is -1.02. The first-order chi connectivity index (χ1) is 11.2. The molecule has 9 heteroatoms. The van der Waals surface area contributed by atoms with Crippen molar-refractivity contribution in [1.82, 2.24) is 10.2 Å². The zero-order chi connectivity index (χ0) is 17.5. The van der Waals surface area contributed by atoms with E-state index in [1.54, 1.807) is 0 Å². The van der Waals surface area contributed by atoms with Gasteiger partial charge in [0.1, 0.15) is 12.6 Å². The van der Waals surface area contributed by atoms with Crippen LogP contribution in [0.3, 0.4) is 0 Å². The Bertz CT molecular complexity index is 503. The summed E-state index contributed by atoms with van der Waals surface area (Å²) in [6, 6.07) is -0.673. The van der Waals surface area contributed by atoms with Gasteiger partial charge in [-0.15, -0.1) is 12.4 Å². The Morgan fingerprint density at radius 2 is 1.80 bits per heavy atom. The SMILES string of the molecule is Cl.NC1C2CCCC1CC(C(=O)NC1CCN(CC(F)(F)F)C1=O)C2. The van der Waals surface area contributed by atoms with Gasteiger partial charge >= 0.3 is 6.18 Å². The summed E-state index contributed by atoms with van der Waals surface area (Å²) in [5, 5.41) is 2.68. The Morgan fingerprint density at radius 1 is 1.20 bits per heavy atom. The average Bonchev–Trinajstić information content (AvgIpc) is 2.78. The third-order valence-corrected chi connectivity index (χ3v) is 5.77. The summed E-state index contributed by atoms with van der Waals surface area (Å²) in [5.74, 6) is -0.326. The molecule has 1 heterocycles. The molecule has 3 unspecified atom stereocenters. The number of carbonyl (C=O) groups is 2. The molecule has 0 aromatic rings. The van der Waals surface area contributed by atoms with Gasteiger partial charge in [-0.3, -0.25) is 9.59 Å². The topological polar surface area (TPSA) is 75.4 Å². The van der Waals surface area contributed by atoms with E-state index in [1.807, 2.05) is 0 Å². The Kier molecular flexibility index (Phi) is 6.25. The largest absolute Gasteiger partial charge is 0.406 e. The van der Waals surface area contributed by atoms with E-state index >= 15 is 0 Å². The maximum atomic E-state index is 12.5. The number of likely N-dealkylation sites (tertiary alicyclic amines) is 1. The molecule has 3 aliphatic rings. The molecular weight excluding hydrogens is 359 g/mol. The standard InChI is InChI=1S/C16H24F3N3O2.ClH/c17-16(18,19)8-22-5-4-12(15(22)24)21-14(23)11-6-9-2-1-3-10(7-11)13(9)20;/h9-13H,1-8,20H2,(H,21,23);1H. The van der Waals surface area contributed by atoms with Crippen molar-refractivity contribution >= 4 is 24.2 Å². The summed E-state index contributed by atoms with van der Waals surface area (Å²) in [4.78, 5) is 25.3. The van der Waals surface area contributed by atoms with Crippen LogP contribution in [-0.2, 0) is 9.59 Å². The number of fused-ring (bicyclic) bond motifs is 2. The predicted molar refractivity (Wildman–Crippen MR) is 88.0 cm³/mol. The molecule has 3 N–H and O–H groups in total. The second-order valence-electron chi connectivity index (χ2n) is 7.42. The van der Waals surface area contributed by atoms with Crippen LogP contribution in [0.2, 0.25) is 0 Å². The number of nitrogens with zero attached hydrogens (tertiary/aromatic N) is 1. The van der Waals surface area contributed by atoms with E-state index < -0.39 is 24.7 Å². The number of nitrogens with two attached hydrogens (primary N) is 1. The number of halogens is 4. The number of amides is 2. The summed E-state index contributed by atoms with van der Waals surface area (Å²) in [7, 11) is 0.